The van der Waals surface area contributed by atoms with Crippen LogP contribution in [0.25, 0.3) is 0 Å². The molecule has 0 unspecified atom stereocenters. The van der Waals surface area contributed by atoms with Crippen molar-refractivity contribution in [1.29, 1.82) is 0 Å². The molecule has 6 amide bonds. The number of carboxylic acid groups (broad SMARTS) is 1. The summed E-state index contributed by atoms with van der Waals surface area (Å²) in [5.74, 6) is -7.03. The summed E-state index contributed by atoms with van der Waals surface area (Å²) >= 11 is 0. The molecule has 9 atom stereocenters. The average Bonchev–Trinajstić information content (AvgIpc) is 3.87. The van der Waals surface area contributed by atoms with Gasteiger partial charge in [-0.15, -0.1) is 0 Å². The molecule has 1 aliphatic rings. The summed E-state index contributed by atoms with van der Waals surface area (Å²) in [7, 11) is 0. The van der Waals surface area contributed by atoms with Crippen LogP contribution in [-0.2, 0) is 40.0 Å². The van der Waals surface area contributed by atoms with E-state index in [0.29, 0.717) is 18.7 Å². The first kappa shape index (κ1) is 47.8. The van der Waals surface area contributed by atoms with Crippen molar-refractivity contribution in [1.82, 2.24) is 47.2 Å². The van der Waals surface area contributed by atoms with E-state index in [4.69, 9.17) is 11.5 Å². The molecule has 57 heavy (non-hydrogen) atoms. The third-order valence-electron chi connectivity index (χ3n) is 8.83. The summed E-state index contributed by atoms with van der Waals surface area (Å²) in [6.07, 6.45) is 1.03. The number of nitrogens with zero attached hydrogens (tertiary/aromatic N) is 2. The Kier molecular flexibility index (Phi) is 19.8. The number of carbonyl (C=O) groups is 7. The molecule has 1 aliphatic heterocycles. The van der Waals surface area contributed by atoms with E-state index in [2.05, 4.69) is 52.2 Å². The number of carbonyl (C=O) groups excluding carboxylic acids is 6. The van der Waals surface area contributed by atoms with Gasteiger partial charge in [-0.05, 0) is 58.4 Å². The summed E-state index contributed by atoms with van der Waals surface area (Å²) < 4.78 is 0. The third kappa shape index (κ3) is 16.3. The van der Waals surface area contributed by atoms with Crippen LogP contribution in [0, 0.1) is 5.92 Å². The van der Waals surface area contributed by atoms with Crippen molar-refractivity contribution in [2.24, 2.45) is 22.4 Å². The lowest BCUT2D eigenvalue weighted by Gasteiger charge is -2.28. The van der Waals surface area contributed by atoms with Gasteiger partial charge < -0.3 is 74.1 Å². The predicted octanol–water partition coefficient (Wildman–Crippen LogP) is -5.45. The molecule has 0 radical (unpaired) electrons. The monoisotopic (exact) mass is 810 g/mol. The zero-order valence-corrected chi connectivity index (χ0v) is 32.5. The molecular formula is C34H58N12O11. The van der Waals surface area contributed by atoms with E-state index in [1.165, 1.54) is 19.4 Å². The third-order valence-corrected chi connectivity index (χ3v) is 8.83. The Labute approximate surface area is 329 Å². The summed E-state index contributed by atoms with van der Waals surface area (Å²) in [4.78, 5) is 102. The zero-order chi connectivity index (χ0) is 42.8. The van der Waals surface area contributed by atoms with Gasteiger partial charge in [-0.2, -0.15) is 0 Å². The highest BCUT2D eigenvalue weighted by Gasteiger charge is 2.36. The minimum atomic E-state index is -1.76. The van der Waals surface area contributed by atoms with Crippen molar-refractivity contribution in [3.8, 4) is 0 Å². The quantitative estimate of drug-likeness (QED) is 0.0263. The lowest BCUT2D eigenvalue weighted by atomic mass is 10.0. The van der Waals surface area contributed by atoms with Crippen LogP contribution in [0.2, 0.25) is 0 Å². The van der Waals surface area contributed by atoms with Gasteiger partial charge in [0.25, 0.3) is 0 Å². The second kappa shape index (κ2) is 23.6. The van der Waals surface area contributed by atoms with Crippen molar-refractivity contribution in [3.63, 3.8) is 0 Å². The molecule has 2 rings (SSSR count). The Hall–Kier alpha value is -5.39. The minimum absolute atomic E-state index is 0.0345. The highest BCUT2D eigenvalue weighted by molar-refractivity contribution is 5.97. The SMILES string of the molecule is CC(C)C[C@H](NC(=O)[C@@H]1CCCN1)C(=O)N[C@@H](CCCN=C(N)N)C(=O)N[C@H](C(=O)N[C@@H](CO)C(=O)N[C@@H](Cc1cnc[nH]1)C(=O)N[C@H](C(=O)O)[C@@H](C)O)[C@@H](C)O. The van der Waals surface area contributed by atoms with E-state index in [1.807, 2.05) is 13.8 Å². The fourth-order valence-electron chi connectivity index (χ4n) is 5.78. The first-order valence-corrected chi connectivity index (χ1v) is 18.6. The first-order chi connectivity index (χ1) is 26.8. The number of hydrogen-bond acceptors (Lipinski definition) is 13. The molecule has 23 nitrogen and oxygen atoms in total. The van der Waals surface area contributed by atoms with Gasteiger partial charge >= 0.3 is 5.97 Å². The molecular weight excluding hydrogens is 752 g/mol. The largest absolute Gasteiger partial charge is 0.480 e. The second-order valence-corrected chi connectivity index (χ2v) is 14.2. The van der Waals surface area contributed by atoms with Crippen LogP contribution < -0.4 is 48.7 Å². The normalized spacial score (nSPS) is 18.0. The molecule has 1 aromatic heterocycles. The Morgan fingerprint density at radius 1 is 0.825 bits per heavy atom. The highest BCUT2D eigenvalue weighted by atomic mass is 16.4. The Bertz CT molecular complexity index is 1530. The molecule has 320 valence electrons. The van der Waals surface area contributed by atoms with E-state index < -0.39 is 96.6 Å². The van der Waals surface area contributed by atoms with Crippen LogP contribution in [0.4, 0.5) is 0 Å². The Morgan fingerprint density at radius 2 is 1.40 bits per heavy atom. The molecule has 0 aromatic carbocycles. The number of aromatic nitrogens is 2. The van der Waals surface area contributed by atoms with Gasteiger partial charge in [-0.1, -0.05) is 13.8 Å². The van der Waals surface area contributed by atoms with Gasteiger partial charge in [-0.25, -0.2) is 9.78 Å². The molecule has 1 saturated heterocycles. The maximum atomic E-state index is 13.7. The zero-order valence-electron chi connectivity index (χ0n) is 32.5. The number of nitrogens with two attached hydrogens (primary N) is 2. The number of amides is 6. The summed E-state index contributed by atoms with van der Waals surface area (Å²) in [5, 5.41) is 57.4. The number of aliphatic carboxylic acids is 1. The molecule has 1 aromatic rings. The number of aromatic amines is 1. The van der Waals surface area contributed by atoms with E-state index in [-0.39, 0.29) is 50.0 Å². The van der Waals surface area contributed by atoms with E-state index in [9.17, 15) is 54.0 Å². The highest BCUT2D eigenvalue weighted by Crippen LogP contribution is 2.11. The lowest BCUT2D eigenvalue weighted by Crippen LogP contribution is -2.62. The first-order valence-electron chi connectivity index (χ1n) is 18.6. The van der Waals surface area contributed by atoms with Gasteiger partial charge in [0, 0.05) is 24.9 Å². The number of carboxylic acids is 1. The van der Waals surface area contributed by atoms with E-state index in [1.54, 1.807) is 0 Å². The number of aliphatic hydroxyl groups is 3. The molecule has 2 heterocycles. The fourth-order valence-corrected chi connectivity index (χ4v) is 5.78. The van der Waals surface area contributed by atoms with Crippen LogP contribution in [0.1, 0.15) is 65.5 Å². The van der Waals surface area contributed by atoms with Gasteiger partial charge in [-0.3, -0.25) is 33.8 Å². The maximum absolute atomic E-state index is 13.7. The lowest BCUT2D eigenvalue weighted by molar-refractivity contribution is -0.145. The number of hydrogen-bond donors (Lipinski definition) is 14. The molecule has 0 saturated carbocycles. The summed E-state index contributed by atoms with van der Waals surface area (Å²) in [5.41, 5.74) is 11.2. The molecule has 0 spiro atoms. The molecule has 16 N–H and O–H groups in total. The van der Waals surface area contributed by atoms with Gasteiger partial charge in [0.2, 0.25) is 35.4 Å². The molecule has 1 fully saturated rings. The number of H-pyrrole nitrogens is 1. The summed E-state index contributed by atoms with van der Waals surface area (Å²) in [6, 6.07) is -9.57. The van der Waals surface area contributed by atoms with Crippen LogP contribution in [0.5, 0.6) is 0 Å². The van der Waals surface area contributed by atoms with Crippen LogP contribution in [0.3, 0.4) is 0 Å². The maximum Gasteiger partial charge on any atom is 0.328 e. The fraction of sp³-hybridized carbons (Fsp3) is 0.676. The molecule has 0 bridgehead atoms. The number of guanidine groups is 1. The van der Waals surface area contributed by atoms with Crippen LogP contribution >= 0.6 is 0 Å². The topological polar surface area (TPSA) is 378 Å². The van der Waals surface area contributed by atoms with Gasteiger partial charge in [0.15, 0.2) is 12.0 Å². The van der Waals surface area contributed by atoms with E-state index in [0.717, 1.165) is 13.3 Å². The number of rotatable bonds is 24. The molecule has 23 heteroatoms. The number of imidazole rings is 1. The average molecular weight is 811 g/mol. The minimum Gasteiger partial charge on any atom is -0.480 e. The number of aliphatic hydroxyl groups excluding tert-OH is 3. The smallest absolute Gasteiger partial charge is 0.328 e. The second-order valence-electron chi connectivity index (χ2n) is 14.2. The standard InChI is InChI=1S/C34H58N12O11/c1-16(2)11-22(42-27(50)20-7-5-9-38-20)29(52)41-21(8-6-10-39-34(35)36)28(51)45-25(17(3)48)32(55)44-24(14-47)31(54)43-23(12-19-13-37-15-40-19)30(53)46-26(18(4)49)33(56)57/h13,15-18,20-26,38,47-49H,5-12,14H2,1-4H3,(H,37,40)(H,41,52)(H,42,50)(H,43,54)(H,44,55)(H,45,51)(H,46,53)(H,56,57)(H4,35,36,39)/t17-,18-,20+,21+,22+,23+,24+,25+,26+/m1/s1. The van der Waals surface area contributed by atoms with Crippen LogP contribution in [0.15, 0.2) is 17.5 Å². The van der Waals surface area contributed by atoms with E-state index >= 15 is 0 Å². The van der Waals surface area contributed by atoms with Crippen molar-refractivity contribution in [3.05, 3.63) is 18.2 Å². The predicted molar refractivity (Wildman–Crippen MR) is 202 cm³/mol. The Balaban J connectivity index is 2.25. The van der Waals surface area contributed by atoms with Crippen molar-refractivity contribution in [2.75, 3.05) is 19.7 Å². The molecule has 0 aliphatic carbocycles. The number of aliphatic imine (C=N–C) groups is 1. The van der Waals surface area contributed by atoms with Gasteiger partial charge in [0.1, 0.15) is 30.2 Å². The van der Waals surface area contributed by atoms with Crippen molar-refractivity contribution >= 4 is 47.4 Å². The van der Waals surface area contributed by atoms with Crippen LogP contribution in [-0.4, -0.2) is 152 Å². The van der Waals surface area contributed by atoms with Crippen molar-refractivity contribution < 1.29 is 54.0 Å². The Morgan fingerprint density at radius 3 is 1.93 bits per heavy atom. The van der Waals surface area contributed by atoms with Gasteiger partial charge in [0.05, 0.1) is 31.2 Å². The van der Waals surface area contributed by atoms with Crippen molar-refractivity contribution in [2.45, 2.75) is 121 Å². The summed E-state index contributed by atoms with van der Waals surface area (Å²) in [6.45, 7) is 5.72. The number of nitrogens with one attached hydrogen (secondary N) is 8.